The average Bonchev–Trinajstić information content (AvgIpc) is 2.31. The van der Waals surface area contributed by atoms with Crippen LogP contribution in [0.1, 0.15) is 11.1 Å². The Kier molecular flexibility index (Phi) is 3.23. The quantitative estimate of drug-likeness (QED) is 0.787. The highest BCUT2D eigenvalue weighted by Gasteiger charge is 2.01. The van der Waals surface area contributed by atoms with E-state index < -0.39 is 0 Å². The summed E-state index contributed by atoms with van der Waals surface area (Å²) in [4.78, 5) is 5.35. The fourth-order valence-electron chi connectivity index (χ4n) is 1.35. The van der Waals surface area contributed by atoms with Gasteiger partial charge >= 0.3 is 0 Å². The van der Waals surface area contributed by atoms with Crippen molar-refractivity contribution in [2.75, 3.05) is 0 Å². The van der Waals surface area contributed by atoms with Crippen LogP contribution < -0.4 is 0 Å². The van der Waals surface area contributed by atoms with E-state index in [4.69, 9.17) is 5.26 Å². The van der Waals surface area contributed by atoms with Gasteiger partial charge in [-0.2, -0.15) is 5.26 Å². The molecular weight excluding hydrogens is 216 g/mol. The Morgan fingerprint density at radius 2 is 2.12 bits per heavy atom. The summed E-state index contributed by atoms with van der Waals surface area (Å²) >= 11 is 1.60. The number of pyridine rings is 1. The van der Waals surface area contributed by atoms with Gasteiger partial charge in [0.1, 0.15) is 5.03 Å². The first-order valence-corrected chi connectivity index (χ1v) is 5.71. The van der Waals surface area contributed by atoms with Gasteiger partial charge in [0.05, 0.1) is 11.6 Å². The highest BCUT2D eigenvalue weighted by molar-refractivity contribution is 7.99. The van der Waals surface area contributed by atoms with Gasteiger partial charge in [-0.1, -0.05) is 17.8 Å². The van der Waals surface area contributed by atoms with Crippen molar-refractivity contribution < 1.29 is 0 Å². The Bertz CT molecular complexity index is 529. The molecule has 2 rings (SSSR count). The monoisotopic (exact) mass is 226 g/mol. The van der Waals surface area contributed by atoms with Crippen LogP contribution in [0, 0.1) is 18.3 Å². The van der Waals surface area contributed by atoms with Gasteiger partial charge in [-0.25, -0.2) is 4.98 Å². The third kappa shape index (κ3) is 2.41. The molecule has 1 aromatic carbocycles. The van der Waals surface area contributed by atoms with Crippen molar-refractivity contribution in [1.29, 1.82) is 5.26 Å². The number of nitriles is 1. The SMILES string of the molecule is Cc1cc(Sc2ccccn2)ccc1C#N. The minimum atomic E-state index is 0.727. The van der Waals surface area contributed by atoms with E-state index in [1.54, 1.807) is 18.0 Å². The molecule has 78 valence electrons. The minimum Gasteiger partial charge on any atom is -0.250 e. The topological polar surface area (TPSA) is 36.7 Å². The van der Waals surface area contributed by atoms with Crippen molar-refractivity contribution in [1.82, 2.24) is 4.98 Å². The zero-order chi connectivity index (χ0) is 11.4. The third-order valence-electron chi connectivity index (χ3n) is 2.18. The smallest absolute Gasteiger partial charge is 0.101 e. The standard InChI is InChI=1S/C13H10N2S/c1-10-8-12(6-5-11(10)9-14)16-13-4-2-3-7-15-13/h2-8H,1H3. The van der Waals surface area contributed by atoms with Crippen LogP contribution in [-0.2, 0) is 0 Å². The fourth-order valence-corrected chi connectivity index (χ4v) is 2.23. The van der Waals surface area contributed by atoms with Crippen molar-refractivity contribution >= 4 is 11.8 Å². The van der Waals surface area contributed by atoms with Crippen molar-refractivity contribution in [2.24, 2.45) is 0 Å². The van der Waals surface area contributed by atoms with Crippen molar-refractivity contribution in [3.05, 3.63) is 53.7 Å². The Labute approximate surface area is 99.0 Å². The maximum absolute atomic E-state index is 8.83. The zero-order valence-electron chi connectivity index (χ0n) is 8.84. The number of rotatable bonds is 2. The molecule has 0 fully saturated rings. The summed E-state index contributed by atoms with van der Waals surface area (Å²) < 4.78 is 0. The highest BCUT2D eigenvalue weighted by Crippen LogP contribution is 2.26. The van der Waals surface area contributed by atoms with Gasteiger partial charge in [0.2, 0.25) is 0 Å². The predicted molar refractivity (Wildman–Crippen MR) is 64.3 cm³/mol. The van der Waals surface area contributed by atoms with E-state index in [-0.39, 0.29) is 0 Å². The van der Waals surface area contributed by atoms with E-state index in [2.05, 4.69) is 11.1 Å². The number of nitrogens with zero attached hydrogens (tertiary/aromatic N) is 2. The van der Waals surface area contributed by atoms with Gasteiger partial charge < -0.3 is 0 Å². The Balaban J connectivity index is 2.24. The van der Waals surface area contributed by atoms with Gasteiger partial charge in [-0.3, -0.25) is 0 Å². The minimum absolute atomic E-state index is 0.727. The molecule has 1 heterocycles. The van der Waals surface area contributed by atoms with E-state index in [1.165, 1.54) is 0 Å². The summed E-state index contributed by atoms with van der Waals surface area (Å²) in [5.41, 5.74) is 1.73. The van der Waals surface area contributed by atoms with Crippen molar-refractivity contribution in [3.63, 3.8) is 0 Å². The van der Waals surface area contributed by atoms with Gasteiger partial charge in [0.25, 0.3) is 0 Å². The summed E-state index contributed by atoms with van der Waals surface area (Å²) in [7, 11) is 0. The molecule has 2 aromatic rings. The van der Waals surface area contributed by atoms with Crippen LogP contribution in [0.25, 0.3) is 0 Å². The van der Waals surface area contributed by atoms with E-state index in [9.17, 15) is 0 Å². The lowest BCUT2D eigenvalue weighted by molar-refractivity contribution is 1.13. The predicted octanol–water partition coefficient (Wildman–Crippen LogP) is 3.41. The molecule has 0 aliphatic rings. The first-order valence-electron chi connectivity index (χ1n) is 4.89. The lowest BCUT2D eigenvalue weighted by Gasteiger charge is -2.02. The second kappa shape index (κ2) is 4.82. The normalized spacial score (nSPS) is 9.75. The summed E-state index contributed by atoms with van der Waals surface area (Å²) in [5, 5.41) is 9.79. The molecular formula is C13H10N2S. The first-order chi connectivity index (χ1) is 7.79. The van der Waals surface area contributed by atoms with Crippen LogP contribution in [-0.4, -0.2) is 4.98 Å². The molecule has 0 atom stereocenters. The van der Waals surface area contributed by atoms with E-state index >= 15 is 0 Å². The first kappa shape index (κ1) is 10.7. The second-order valence-corrected chi connectivity index (χ2v) is 4.45. The summed E-state index contributed by atoms with van der Waals surface area (Å²) in [5.74, 6) is 0. The lowest BCUT2D eigenvalue weighted by Crippen LogP contribution is -1.83. The van der Waals surface area contributed by atoms with E-state index in [0.29, 0.717) is 0 Å². The molecule has 3 heteroatoms. The fraction of sp³-hybridized carbons (Fsp3) is 0.0769. The largest absolute Gasteiger partial charge is 0.250 e. The van der Waals surface area contributed by atoms with Gasteiger partial charge in [0.15, 0.2) is 0 Å². The van der Waals surface area contributed by atoms with Gasteiger partial charge in [-0.05, 0) is 42.8 Å². The zero-order valence-corrected chi connectivity index (χ0v) is 9.66. The number of hydrogen-bond donors (Lipinski definition) is 0. The number of aromatic nitrogens is 1. The molecule has 0 spiro atoms. The molecule has 0 radical (unpaired) electrons. The van der Waals surface area contributed by atoms with Crippen molar-refractivity contribution in [2.45, 2.75) is 16.8 Å². The third-order valence-corrected chi connectivity index (χ3v) is 3.12. The second-order valence-electron chi connectivity index (χ2n) is 3.36. The summed E-state index contributed by atoms with van der Waals surface area (Å²) in [6.45, 7) is 1.95. The molecule has 0 unspecified atom stereocenters. The molecule has 0 amide bonds. The number of hydrogen-bond acceptors (Lipinski definition) is 3. The van der Waals surface area contributed by atoms with Crippen LogP contribution in [0.4, 0.5) is 0 Å². The maximum atomic E-state index is 8.83. The Morgan fingerprint density at radius 3 is 2.75 bits per heavy atom. The Morgan fingerprint density at radius 1 is 1.25 bits per heavy atom. The molecule has 2 nitrogen and oxygen atoms in total. The van der Waals surface area contributed by atoms with Crippen LogP contribution in [0.5, 0.6) is 0 Å². The molecule has 0 N–H and O–H groups in total. The molecule has 0 saturated carbocycles. The molecule has 1 aromatic heterocycles. The van der Waals surface area contributed by atoms with Crippen molar-refractivity contribution in [3.8, 4) is 6.07 Å². The average molecular weight is 226 g/mol. The van der Waals surface area contributed by atoms with Crippen LogP contribution in [0.15, 0.2) is 52.5 Å². The van der Waals surface area contributed by atoms with Crippen LogP contribution >= 0.6 is 11.8 Å². The number of aryl methyl sites for hydroxylation is 1. The molecule has 0 saturated heterocycles. The van der Waals surface area contributed by atoms with Crippen LogP contribution in [0.3, 0.4) is 0 Å². The lowest BCUT2D eigenvalue weighted by atomic mass is 10.1. The van der Waals surface area contributed by atoms with Gasteiger partial charge in [0, 0.05) is 11.1 Å². The molecule has 0 bridgehead atoms. The van der Waals surface area contributed by atoms with Gasteiger partial charge in [-0.15, -0.1) is 0 Å². The molecule has 0 aliphatic carbocycles. The van der Waals surface area contributed by atoms with E-state index in [0.717, 1.165) is 21.0 Å². The maximum Gasteiger partial charge on any atom is 0.101 e. The van der Waals surface area contributed by atoms with E-state index in [1.807, 2.05) is 43.3 Å². The van der Waals surface area contributed by atoms with Crippen LogP contribution in [0.2, 0.25) is 0 Å². The summed E-state index contributed by atoms with van der Waals surface area (Å²) in [6.07, 6.45) is 1.78. The number of benzene rings is 1. The molecule has 16 heavy (non-hydrogen) atoms. The molecule has 0 aliphatic heterocycles. The summed E-state index contributed by atoms with van der Waals surface area (Å²) in [6, 6.07) is 13.8. The Hall–Kier alpha value is -1.79. The highest BCUT2D eigenvalue weighted by atomic mass is 32.2.